The van der Waals surface area contributed by atoms with Crippen LogP contribution >= 0.6 is 22.9 Å². The third-order valence-electron chi connectivity index (χ3n) is 5.70. The Labute approximate surface area is 207 Å². The van der Waals surface area contributed by atoms with Crippen molar-refractivity contribution in [1.82, 2.24) is 30.2 Å². The van der Waals surface area contributed by atoms with Gasteiger partial charge in [0.25, 0.3) is 0 Å². The molecule has 1 aliphatic heterocycles. The zero-order valence-corrected chi connectivity index (χ0v) is 19.8. The molecule has 0 spiro atoms. The Kier molecular flexibility index (Phi) is 6.56. The van der Waals surface area contributed by atoms with E-state index in [1.165, 1.54) is 6.33 Å². The third-order valence-corrected chi connectivity index (χ3v) is 7.03. The van der Waals surface area contributed by atoms with E-state index in [1.807, 2.05) is 34.5 Å². The Balaban J connectivity index is 1.15. The van der Waals surface area contributed by atoms with Crippen LogP contribution in [0.4, 0.5) is 19.0 Å². The monoisotopic (exact) mass is 521 g/mol. The van der Waals surface area contributed by atoms with Gasteiger partial charge in [-0.3, -0.25) is 0 Å². The van der Waals surface area contributed by atoms with E-state index in [2.05, 4.69) is 20.5 Å². The summed E-state index contributed by atoms with van der Waals surface area (Å²) in [7, 11) is 0. The lowest BCUT2D eigenvalue weighted by Gasteiger charge is -2.32. The molecular weight excluding hydrogens is 503 g/mol. The molecule has 0 N–H and O–H groups in total. The first-order valence-electron chi connectivity index (χ1n) is 10.7. The fourth-order valence-corrected chi connectivity index (χ4v) is 5.13. The third kappa shape index (κ3) is 5.38. The highest BCUT2D eigenvalue weighted by Gasteiger charge is 2.32. The molecule has 0 bridgehead atoms. The lowest BCUT2D eigenvalue weighted by molar-refractivity contribution is -0.137. The van der Waals surface area contributed by atoms with Crippen molar-refractivity contribution in [2.75, 3.05) is 18.0 Å². The second-order valence-electron chi connectivity index (χ2n) is 8.00. The highest BCUT2D eigenvalue weighted by molar-refractivity contribution is 7.09. The van der Waals surface area contributed by atoms with Gasteiger partial charge >= 0.3 is 6.18 Å². The Bertz CT molecular complexity index is 1270. The molecule has 0 saturated carbocycles. The number of halogens is 4. The van der Waals surface area contributed by atoms with Crippen LogP contribution in [0.2, 0.25) is 5.02 Å². The molecule has 1 aromatic carbocycles. The zero-order valence-electron chi connectivity index (χ0n) is 18.2. The normalized spacial score (nSPS) is 14.9. The van der Waals surface area contributed by atoms with Crippen LogP contribution in [0.1, 0.15) is 35.0 Å². The fraction of sp³-hybridized carbons (Fsp3) is 0.318. The number of ether oxygens (including phenoxy) is 1. The largest absolute Gasteiger partial charge is 0.487 e. The Morgan fingerprint density at radius 3 is 2.57 bits per heavy atom. The van der Waals surface area contributed by atoms with Gasteiger partial charge in [0.15, 0.2) is 0 Å². The molecule has 13 heteroatoms. The lowest BCUT2D eigenvalue weighted by Crippen LogP contribution is -2.33. The molecule has 1 aliphatic rings. The van der Waals surface area contributed by atoms with Gasteiger partial charge in [-0.25, -0.2) is 14.6 Å². The summed E-state index contributed by atoms with van der Waals surface area (Å²) in [6.45, 7) is 1.63. The van der Waals surface area contributed by atoms with Crippen molar-refractivity contribution in [3.05, 3.63) is 69.5 Å². The summed E-state index contributed by atoms with van der Waals surface area (Å²) in [5, 5.41) is 14.1. The van der Waals surface area contributed by atoms with Crippen LogP contribution in [-0.2, 0) is 12.8 Å². The van der Waals surface area contributed by atoms with E-state index >= 15 is 0 Å². The molecule has 0 aliphatic carbocycles. The number of aromatic nitrogens is 6. The summed E-state index contributed by atoms with van der Waals surface area (Å²) in [6.07, 6.45) is -0.490. The van der Waals surface area contributed by atoms with Gasteiger partial charge in [-0.05, 0) is 53.6 Å². The van der Waals surface area contributed by atoms with Crippen molar-refractivity contribution in [2.45, 2.75) is 31.5 Å². The number of rotatable bonds is 6. The van der Waals surface area contributed by atoms with E-state index in [0.717, 1.165) is 41.5 Å². The molecule has 1 fully saturated rings. The smallest absolute Gasteiger partial charge is 0.417 e. The number of alkyl halides is 3. The molecule has 3 aromatic heterocycles. The van der Waals surface area contributed by atoms with Crippen LogP contribution in [0.25, 0.3) is 5.69 Å². The highest BCUT2D eigenvalue weighted by Crippen LogP contribution is 2.36. The van der Waals surface area contributed by atoms with E-state index < -0.39 is 11.7 Å². The lowest BCUT2D eigenvalue weighted by atomic mass is 9.97. The minimum absolute atomic E-state index is 0.0120. The molecule has 0 amide bonds. The Morgan fingerprint density at radius 2 is 1.91 bits per heavy atom. The van der Waals surface area contributed by atoms with E-state index in [1.54, 1.807) is 16.0 Å². The molecule has 4 aromatic rings. The van der Waals surface area contributed by atoms with Gasteiger partial charge in [-0.2, -0.15) is 13.2 Å². The number of nitrogens with zero attached hydrogens (tertiary/aromatic N) is 7. The first-order chi connectivity index (χ1) is 16.9. The molecule has 182 valence electrons. The minimum atomic E-state index is -4.46. The van der Waals surface area contributed by atoms with Crippen molar-refractivity contribution in [2.24, 2.45) is 0 Å². The average molecular weight is 522 g/mol. The second-order valence-corrected chi connectivity index (χ2v) is 9.30. The topological polar surface area (TPSA) is 81.9 Å². The quantitative estimate of drug-likeness (QED) is 0.347. The van der Waals surface area contributed by atoms with Crippen LogP contribution in [0.15, 0.2) is 48.2 Å². The fourth-order valence-electron chi connectivity index (χ4n) is 3.87. The van der Waals surface area contributed by atoms with Gasteiger partial charge < -0.3 is 9.64 Å². The van der Waals surface area contributed by atoms with Gasteiger partial charge in [0.05, 0.1) is 27.0 Å². The predicted molar refractivity (Wildman–Crippen MR) is 124 cm³/mol. The zero-order chi connectivity index (χ0) is 24.4. The van der Waals surface area contributed by atoms with Crippen LogP contribution in [0.5, 0.6) is 5.75 Å². The second kappa shape index (κ2) is 9.78. The first kappa shape index (κ1) is 23.5. The van der Waals surface area contributed by atoms with Crippen LogP contribution < -0.4 is 9.64 Å². The van der Waals surface area contributed by atoms with Crippen molar-refractivity contribution in [3.63, 3.8) is 0 Å². The molecule has 4 heterocycles. The van der Waals surface area contributed by atoms with Gasteiger partial charge in [0.1, 0.15) is 24.5 Å². The Morgan fingerprint density at radius 1 is 1.14 bits per heavy atom. The van der Waals surface area contributed by atoms with Crippen molar-refractivity contribution in [1.29, 1.82) is 0 Å². The average Bonchev–Trinajstić information content (AvgIpc) is 3.55. The molecule has 0 radical (unpaired) electrons. The highest BCUT2D eigenvalue weighted by atomic mass is 35.5. The number of tetrazole rings is 1. The molecule has 5 rings (SSSR count). The number of pyridine rings is 1. The SMILES string of the molecule is FC(F)(F)c1cnc(N2CCC(c3nc(COc4ccc(-n5cnnn5)cc4)cs3)CC2)c(Cl)c1. The standard InChI is InChI=1S/C22H19ClF3N7OS/c23-19-9-15(22(24,25)26)10-27-20(19)32-7-5-14(6-8-32)21-29-16(12-35-21)11-34-18-3-1-17(2-4-18)33-13-28-30-31-33/h1-4,9-10,12-14H,5-8,11H2. The van der Waals surface area contributed by atoms with Gasteiger partial charge in [0, 0.05) is 30.6 Å². The predicted octanol–water partition coefficient (Wildman–Crippen LogP) is 5.15. The molecular formula is C22H19ClF3N7OS. The van der Waals surface area contributed by atoms with E-state index in [4.69, 9.17) is 21.3 Å². The molecule has 0 atom stereocenters. The van der Waals surface area contributed by atoms with Crippen LogP contribution in [-0.4, -0.2) is 43.3 Å². The van der Waals surface area contributed by atoms with Crippen molar-refractivity contribution >= 4 is 28.8 Å². The van der Waals surface area contributed by atoms with Gasteiger partial charge in [-0.15, -0.1) is 16.4 Å². The summed E-state index contributed by atoms with van der Waals surface area (Å²) >= 11 is 7.70. The summed E-state index contributed by atoms with van der Waals surface area (Å²) in [5.41, 5.74) is 0.837. The maximum Gasteiger partial charge on any atom is 0.417 e. The summed E-state index contributed by atoms with van der Waals surface area (Å²) in [6, 6.07) is 8.36. The number of benzene rings is 1. The molecule has 35 heavy (non-hydrogen) atoms. The van der Waals surface area contributed by atoms with Gasteiger partial charge in [0.2, 0.25) is 0 Å². The number of thiazole rings is 1. The summed E-state index contributed by atoms with van der Waals surface area (Å²) in [5.74, 6) is 1.37. The molecule has 1 saturated heterocycles. The van der Waals surface area contributed by atoms with Crippen LogP contribution in [0.3, 0.4) is 0 Å². The number of hydrogen-bond donors (Lipinski definition) is 0. The Hall–Kier alpha value is -3.25. The van der Waals surface area contributed by atoms with E-state index in [0.29, 0.717) is 31.3 Å². The molecule has 8 nitrogen and oxygen atoms in total. The number of piperidine rings is 1. The van der Waals surface area contributed by atoms with Crippen molar-refractivity contribution < 1.29 is 17.9 Å². The van der Waals surface area contributed by atoms with E-state index in [-0.39, 0.29) is 10.9 Å². The summed E-state index contributed by atoms with van der Waals surface area (Å²) < 4.78 is 46.0. The first-order valence-corrected chi connectivity index (χ1v) is 12.0. The maximum absolute atomic E-state index is 12.9. The van der Waals surface area contributed by atoms with E-state index in [9.17, 15) is 13.2 Å². The minimum Gasteiger partial charge on any atom is -0.487 e. The number of hydrogen-bond acceptors (Lipinski definition) is 8. The maximum atomic E-state index is 12.9. The van der Waals surface area contributed by atoms with Gasteiger partial charge in [-0.1, -0.05) is 11.6 Å². The number of anilines is 1. The van der Waals surface area contributed by atoms with Crippen LogP contribution in [0, 0.1) is 0 Å². The molecule has 0 unspecified atom stereocenters. The summed E-state index contributed by atoms with van der Waals surface area (Å²) in [4.78, 5) is 10.6. The van der Waals surface area contributed by atoms with Crippen molar-refractivity contribution in [3.8, 4) is 11.4 Å².